The van der Waals surface area contributed by atoms with Gasteiger partial charge in [0.05, 0.1) is 73.6 Å². The molecule has 1 aromatic carbocycles. The molecule has 12 nitrogen and oxygen atoms in total. The first-order valence-corrected chi connectivity index (χ1v) is 16.6. The van der Waals surface area contributed by atoms with Crippen LogP contribution >= 0.6 is 0 Å². The average Bonchev–Trinajstić information content (AvgIpc) is 3.12. The van der Waals surface area contributed by atoms with E-state index in [9.17, 15) is 35.9 Å². The summed E-state index contributed by atoms with van der Waals surface area (Å²) in [6.07, 6.45) is -6.79. The molecule has 282 valence electrons. The van der Waals surface area contributed by atoms with Gasteiger partial charge in [0.1, 0.15) is 0 Å². The van der Waals surface area contributed by atoms with E-state index in [-0.39, 0.29) is 54.3 Å². The molecule has 2 aliphatic heterocycles. The summed E-state index contributed by atoms with van der Waals surface area (Å²) in [6, 6.07) is 3.06. The average molecular weight is 741 g/mol. The number of unbranched alkanes of at least 4 members (excludes halogenated alkanes) is 1. The summed E-state index contributed by atoms with van der Waals surface area (Å²) >= 11 is 0. The lowest BCUT2D eigenvalue weighted by molar-refractivity contribution is -0.143. The second-order valence-electron chi connectivity index (χ2n) is 12.3. The van der Waals surface area contributed by atoms with Gasteiger partial charge in [-0.3, -0.25) is 9.69 Å². The molecule has 0 bridgehead atoms. The van der Waals surface area contributed by atoms with E-state index in [0.717, 1.165) is 0 Å². The first-order valence-electron chi connectivity index (χ1n) is 16.6. The summed E-state index contributed by atoms with van der Waals surface area (Å²) in [5.74, 6) is -0.826. The second-order valence-corrected chi connectivity index (χ2v) is 12.3. The van der Waals surface area contributed by atoms with E-state index in [0.29, 0.717) is 63.4 Å². The van der Waals surface area contributed by atoms with Crippen molar-refractivity contribution in [3.05, 3.63) is 65.1 Å². The first kappa shape index (κ1) is 38.4. The largest absolute Gasteiger partial charge is 0.481 e. The molecule has 1 amide bonds. The van der Waals surface area contributed by atoms with Crippen LogP contribution < -0.4 is 19.4 Å². The molecule has 0 spiro atoms. The number of pyridine rings is 1. The molecular weight excluding hydrogens is 702 g/mol. The van der Waals surface area contributed by atoms with Crippen molar-refractivity contribution in [2.75, 3.05) is 54.7 Å². The number of alkyl halides is 6. The normalized spacial score (nSPS) is 17.8. The Labute approximate surface area is 295 Å². The zero-order valence-corrected chi connectivity index (χ0v) is 28.4. The van der Waals surface area contributed by atoms with Crippen molar-refractivity contribution < 1.29 is 55.2 Å². The lowest BCUT2D eigenvalue weighted by atomic mass is 9.92. The maximum atomic E-state index is 13.9. The highest BCUT2D eigenvalue weighted by Gasteiger charge is 2.42. The van der Waals surface area contributed by atoms with E-state index in [1.54, 1.807) is 6.07 Å². The van der Waals surface area contributed by atoms with Crippen molar-refractivity contribution in [3.63, 3.8) is 0 Å². The third-order valence-corrected chi connectivity index (χ3v) is 8.83. The topological polar surface area (TPSA) is 130 Å². The van der Waals surface area contributed by atoms with Gasteiger partial charge in [-0.25, -0.2) is 19.7 Å². The Kier molecular flexibility index (Phi) is 12.0. The fourth-order valence-corrected chi connectivity index (χ4v) is 6.24. The number of carboxylic acids is 1. The minimum Gasteiger partial charge on any atom is -0.481 e. The van der Waals surface area contributed by atoms with Crippen LogP contribution in [0.1, 0.15) is 67.5 Å². The van der Waals surface area contributed by atoms with Gasteiger partial charge in [0.25, 0.3) is 0 Å². The van der Waals surface area contributed by atoms with Gasteiger partial charge in [-0.2, -0.15) is 26.3 Å². The molecule has 5 rings (SSSR count). The van der Waals surface area contributed by atoms with Crippen LogP contribution in [0.2, 0.25) is 0 Å². The predicted molar refractivity (Wildman–Crippen MR) is 175 cm³/mol. The van der Waals surface area contributed by atoms with Crippen LogP contribution in [0.4, 0.5) is 48.5 Å². The van der Waals surface area contributed by atoms with E-state index >= 15 is 0 Å². The van der Waals surface area contributed by atoms with Crippen LogP contribution in [0.15, 0.2) is 42.7 Å². The van der Waals surface area contributed by atoms with Crippen LogP contribution in [0, 0.1) is 0 Å². The molecule has 0 radical (unpaired) electrons. The third-order valence-electron chi connectivity index (χ3n) is 8.83. The minimum absolute atomic E-state index is 0.00728. The zero-order chi connectivity index (χ0) is 37.6. The number of carboxylic acid groups (broad SMARTS) is 1. The number of carbonyl (C=O) groups excluding carboxylic acids is 1. The summed E-state index contributed by atoms with van der Waals surface area (Å²) in [6.45, 7) is 3.39. The highest BCUT2D eigenvalue weighted by molar-refractivity contribution is 5.90. The Morgan fingerprint density at radius 2 is 1.65 bits per heavy atom. The van der Waals surface area contributed by atoms with Gasteiger partial charge in [0.2, 0.25) is 11.8 Å². The molecule has 2 aromatic heterocycles. The lowest BCUT2D eigenvalue weighted by Crippen LogP contribution is -2.48. The second kappa shape index (κ2) is 16.2. The number of aliphatic carboxylic acids is 1. The van der Waals surface area contributed by atoms with E-state index in [2.05, 4.69) is 15.0 Å². The van der Waals surface area contributed by atoms with Crippen molar-refractivity contribution >= 4 is 29.4 Å². The summed E-state index contributed by atoms with van der Waals surface area (Å²) in [5, 5.41) is 8.91. The number of carbonyl (C=O) groups is 2. The molecule has 1 fully saturated rings. The Bertz CT molecular complexity index is 1670. The fraction of sp³-hybridized carbons (Fsp3) is 0.500. The van der Waals surface area contributed by atoms with E-state index in [1.165, 1.54) is 35.4 Å². The van der Waals surface area contributed by atoms with Crippen LogP contribution in [0.3, 0.4) is 0 Å². The third kappa shape index (κ3) is 9.13. The predicted octanol–water partition coefficient (Wildman–Crippen LogP) is 6.88. The highest BCUT2D eigenvalue weighted by atomic mass is 19.4. The van der Waals surface area contributed by atoms with E-state index in [1.807, 2.05) is 11.8 Å². The van der Waals surface area contributed by atoms with Crippen LogP contribution in [-0.2, 0) is 33.2 Å². The molecule has 2 atom stereocenters. The molecule has 0 saturated carbocycles. The van der Waals surface area contributed by atoms with Crippen LogP contribution in [0.25, 0.3) is 0 Å². The highest BCUT2D eigenvalue weighted by Crippen LogP contribution is 2.44. The number of hydrogen-bond donors (Lipinski definition) is 1. The molecule has 18 heteroatoms. The van der Waals surface area contributed by atoms with E-state index in [4.69, 9.17) is 19.3 Å². The quantitative estimate of drug-likeness (QED) is 0.154. The Morgan fingerprint density at radius 1 is 1.00 bits per heavy atom. The number of anilines is 3. The summed E-state index contributed by atoms with van der Waals surface area (Å²) in [5.41, 5.74) is -2.06. The molecule has 3 aromatic rings. The van der Waals surface area contributed by atoms with Gasteiger partial charge in [0.15, 0.2) is 0 Å². The van der Waals surface area contributed by atoms with Gasteiger partial charge in [-0.05, 0) is 55.5 Å². The summed E-state index contributed by atoms with van der Waals surface area (Å²) in [7, 11) is 1.37. The number of aromatic nitrogens is 3. The van der Waals surface area contributed by atoms with Gasteiger partial charge in [-0.15, -0.1) is 0 Å². The van der Waals surface area contributed by atoms with Gasteiger partial charge < -0.3 is 29.1 Å². The molecule has 1 saturated heterocycles. The van der Waals surface area contributed by atoms with Crippen molar-refractivity contribution in [2.45, 2.75) is 70.0 Å². The lowest BCUT2D eigenvalue weighted by Gasteiger charge is -2.43. The number of morpholine rings is 1. The number of fused-ring (bicyclic) bond motifs is 1. The molecule has 0 aliphatic carbocycles. The molecular formula is C34H38F6N6O6. The number of hydrogen-bond acceptors (Lipinski definition) is 10. The number of amides is 1. The smallest absolute Gasteiger partial charge is 0.416 e. The Morgan fingerprint density at radius 3 is 2.23 bits per heavy atom. The number of halogens is 6. The number of nitrogens with zero attached hydrogens (tertiary/aromatic N) is 6. The SMILES string of the molecule is CCC1CC(N(Cc2cc(C(F)(F)F)cc(C(F)(F)F)c2)c2ncc(N3CCOCC3)cn2)c2nc(OC)ccc2N1C(=O)OCCCCC(=O)O. The van der Waals surface area contributed by atoms with Crippen molar-refractivity contribution in [1.29, 1.82) is 0 Å². The van der Waals surface area contributed by atoms with Crippen molar-refractivity contribution in [1.82, 2.24) is 15.0 Å². The van der Waals surface area contributed by atoms with Gasteiger partial charge in [0, 0.05) is 38.2 Å². The van der Waals surface area contributed by atoms with Crippen LogP contribution in [0.5, 0.6) is 5.88 Å². The molecule has 4 heterocycles. The Balaban J connectivity index is 1.59. The molecule has 2 aliphatic rings. The fourth-order valence-electron chi connectivity index (χ4n) is 6.24. The monoisotopic (exact) mass is 740 g/mol. The number of benzene rings is 1. The molecule has 52 heavy (non-hydrogen) atoms. The first-order chi connectivity index (χ1) is 24.7. The maximum absolute atomic E-state index is 13.9. The van der Waals surface area contributed by atoms with Crippen LogP contribution in [-0.4, -0.2) is 78.2 Å². The number of rotatable bonds is 12. The number of methoxy groups -OCH3 is 1. The Hall–Kier alpha value is -4.87. The van der Waals surface area contributed by atoms with Gasteiger partial charge >= 0.3 is 24.4 Å². The molecule has 2 unspecified atom stereocenters. The number of ether oxygens (including phenoxy) is 3. The summed E-state index contributed by atoms with van der Waals surface area (Å²) in [4.78, 5) is 43.0. The van der Waals surface area contributed by atoms with Crippen molar-refractivity contribution in [2.24, 2.45) is 0 Å². The minimum atomic E-state index is -5.06. The zero-order valence-electron chi connectivity index (χ0n) is 28.4. The van der Waals surface area contributed by atoms with Crippen molar-refractivity contribution in [3.8, 4) is 5.88 Å². The maximum Gasteiger partial charge on any atom is 0.416 e. The summed E-state index contributed by atoms with van der Waals surface area (Å²) < 4.78 is 99.8. The molecule has 1 N–H and O–H groups in total. The van der Waals surface area contributed by atoms with E-state index < -0.39 is 54.2 Å². The van der Waals surface area contributed by atoms with Gasteiger partial charge in [-0.1, -0.05) is 6.92 Å². The standard InChI is InChI=1S/C34H38F6N6O6/c1-3-24-17-27(30-26(7-8-28(43-30)50-2)46(24)32(49)52-11-5-4-6-29(47)48)45(31-41-18-25(19-42-31)44-9-12-51-13-10-44)20-21-14-22(33(35,36)37)16-23(15-21)34(38,39)40/h7-8,14-16,18-19,24,27H,3-6,9-13,17,20H2,1-2H3,(H,47,48).